The molecule has 1 aliphatic carbocycles. The number of nitrogens with one attached hydrogen (secondary N) is 2. The molecule has 7 heteroatoms. The van der Waals surface area contributed by atoms with Crippen molar-refractivity contribution in [2.45, 2.75) is 39.2 Å². The third kappa shape index (κ3) is 5.10. The number of carboxylic acids is 1. The van der Waals surface area contributed by atoms with Gasteiger partial charge in [0, 0.05) is 18.5 Å². The van der Waals surface area contributed by atoms with Crippen LogP contribution in [0.4, 0.5) is 4.79 Å². The van der Waals surface area contributed by atoms with E-state index in [1.807, 2.05) is 24.3 Å². The van der Waals surface area contributed by atoms with Crippen LogP contribution in [-0.4, -0.2) is 42.3 Å². The molecule has 1 aliphatic rings. The number of fused-ring (bicyclic) bond motifs is 3. The molecule has 0 aliphatic heterocycles. The monoisotopic (exact) mass is 438 g/mol. The third-order valence-electron chi connectivity index (χ3n) is 6.22. The Balaban J connectivity index is 1.54. The van der Waals surface area contributed by atoms with Crippen molar-refractivity contribution in [3.05, 3.63) is 59.7 Å². The molecule has 0 spiro atoms. The zero-order valence-corrected chi connectivity index (χ0v) is 18.6. The SMILES string of the molecule is CCC(CNC(=O)C(C)C(C)NC(=O)OCC1c2ccccc2-c2ccccc21)C(=O)O. The highest BCUT2D eigenvalue weighted by Crippen LogP contribution is 2.44. The van der Waals surface area contributed by atoms with Gasteiger partial charge >= 0.3 is 12.1 Å². The Morgan fingerprint density at radius 2 is 1.56 bits per heavy atom. The summed E-state index contributed by atoms with van der Waals surface area (Å²) in [4.78, 5) is 35.9. The smallest absolute Gasteiger partial charge is 0.407 e. The normalized spacial score (nSPS) is 15.1. The van der Waals surface area contributed by atoms with E-state index in [-0.39, 0.29) is 25.0 Å². The average molecular weight is 439 g/mol. The summed E-state index contributed by atoms with van der Waals surface area (Å²) >= 11 is 0. The maximum Gasteiger partial charge on any atom is 0.407 e. The topological polar surface area (TPSA) is 105 Å². The average Bonchev–Trinajstić information content (AvgIpc) is 3.11. The van der Waals surface area contributed by atoms with Gasteiger partial charge < -0.3 is 20.5 Å². The molecule has 3 rings (SSSR count). The molecule has 2 aromatic carbocycles. The number of hydrogen-bond donors (Lipinski definition) is 3. The van der Waals surface area contributed by atoms with Crippen LogP contribution < -0.4 is 10.6 Å². The lowest BCUT2D eigenvalue weighted by Gasteiger charge is -2.22. The fourth-order valence-corrected chi connectivity index (χ4v) is 3.97. The standard InChI is InChI=1S/C25H30N2O5/c1-4-17(24(29)30)13-26-23(28)15(2)16(3)27-25(31)32-14-22-20-11-7-5-9-18(20)19-10-6-8-12-21(19)22/h5-12,15-17,22H,4,13-14H2,1-3H3,(H,26,28)(H,27,31)(H,29,30). The third-order valence-corrected chi connectivity index (χ3v) is 6.22. The van der Waals surface area contributed by atoms with Crippen molar-refractivity contribution >= 4 is 18.0 Å². The van der Waals surface area contributed by atoms with Crippen LogP contribution in [0.2, 0.25) is 0 Å². The second kappa shape index (κ2) is 10.3. The molecule has 3 N–H and O–H groups in total. The van der Waals surface area contributed by atoms with Crippen molar-refractivity contribution in [2.75, 3.05) is 13.2 Å². The van der Waals surface area contributed by atoms with Crippen LogP contribution >= 0.6 is 0 Å². The molecule has 0 radical (unpaired) electrons. The van der Waals surface area contributed by atoms with Gasteiger partial charge in [-0.25, -0.2) is 4.79 Å². The predicted octanol–water partition coefficient (Wildman–Crippen LogP) is 3.78. The first kappa shape index (κ1) is 23.3. The summed E-state index contributed by atoms with van der Waals surface area (Å²) in [5, 5.41) is 14.5. The van der Waals surface area contributed by atoms with Gasteiger partial charge in [-0.2, -0.15) is 0 Å². The Labute approximate surface area is 188 Å². The van der Waals surface area contributed by atoms with Gasteiger partial charge in [-0.1, -0.05) is 62.4 Å². The van der Waals surface area contributed by atoms with Gasteiger partial charge in [0.15, 0.2) is 0 Å². The largest absolute Gasteiger partial charge is 0.481 e. The number of carbonyl (C=O) groups is 3. The van der Waals surface area contributed by atoms with Crippen LogP contribution in [0.1, 0.15) is 44.2 Å². The van der Waals surface area contributed by atoms with Gasteiger partial charge in [0.05, 0.1) is 11.8 Å². The second-order valence-corrected chi connectivity index (χ2v) is 8.24. The molecule has 2 amide bonds. The van der Waals surface area contributed by atoms with E-state index >= 15 is 0 Å². The van der Waals surface area contributed by atoms with Crippen LogP contribution in [0.5, 0.6) is 0 Å². The van der Waals surface area contributed by atoms with Crippen molar-refractivity contribution in [1.29, 1.82) is 0 Å². The molecule has 170 valence electrons. The number of hydrogen-bond acceptors (Lipinski definition) is 4. The summed E-state index contributed by atoms with van der Waals surface area (Å²) in [5.41, 5.74) is 4.57. The maximum absolute atomic E-state index is 12.4. The molecular formula is C25H30N2O5. The highest BCUT2D eigenvalue weighted by atomic mass is 16.5. The summed E-state index contributed by atoms with van der Waals surface area (Å²) in [7, 11) is 0. The second-order valence-electron chi connectivity index (χ2n) is 8.24. The van der Waals surface area contributed by atoms with Crippen molar-refractivity contribution in [3.63, 3.8) is 0 Å². The minimum atomic E-state index is -0.940. The quantitative estimate of drug-likeness (QED) is 0.553. The summed E-state index contributed by atoms with van der Waals surface area (Å²) < 4.78 is 5.53. The lowest BCUT2D eigenvalue weighted by molar-refractivity contribution is -0.141. The van der Waals surface area contributed by atoms with Crippen molar-refractivity contribution in [1.82, 2.24) is 10.6 Å². The Kier molecular flexibility index (Phi) is 7.51. The molecule has 7 nitrogen and oxygen atoms in total. The number of benzene rings is 2. The van der Waals surface area contributed by atoms with Crippen LogP contribution in [0.3, 0.4) is 0 Å². The van der Waals surface area contributed by atoms with Gasteiger partial charge in [0.25, 0.3) is 0 Å². The summed E-state index contributed by atoms with van der Waals surface area (Å²) in [6.07, 6.45) is -0.159. The summed E-state index contributed by atoms with van der Waals surface area (Å²) in [5.74, 6) is -2.45. The Morgan fingerprint density at radius 1 is 1.00 bits per heavy atom. The van der Waals surface area contributed by atoms with E-state index in [9.17, 15) is 14.4 Å². The van der Waals surface area contributed by atoms with Crippen molar-refractivity contribution < 1.29 is 24.2 Å². The van der Waals surface area contributed by atoms with Gasteiger partial charge in [-0.3, -0.25) is 9.59 Å². The van der Waals surface area contributed by atoms with Crippen molar-refractivity contribution in [3.8, 4) is 11.1 Å². The minimum Gasteiger partial charge on any atom is -0.481 e. The van der Waals surface area contributed by atoms with Crippen LogP contribution in [0, 0.1) is 11.8 Å². The predicted molar refractivity (Wildman–Crippen MR) is 121 cm³/mol. The number of carbonyl (C=O) groups excluding carboxylic acids is 2. The Bertz CT molecular complexity index is 944. The zero-order valence-electron chi connectivity index (χ0n) is 18.6. The minimum absolute atomic E-state index is 0.0359. The van der Waals surface area contributed by atoms with Crippen LogP contribution in [-0.2, 0) is 14.3 Å². The molecule has 2 aromatic rings. The van der Waals surface area contributed by atoms with Gasteiger partial charge in [-0.15, -0.1) is 0 Å². The van der Waals surface area contributed by atoms with Crippen LogP contribution in [0.25, 0.3) is 11.1 Å². The van der Waals surface area contributed by atoms with E-state index in [2.05, 4.69) is 34.9 Å². The number of ether oxygens (including phenoxy) is 1. The summed E-state index contributed by atoms with van der Waals surface area (Å²) in [6.45, 7) is 5.43. The van der Waals surface area contributed by atoms with Crippen LogP contribution in [0.15, 0.2) is 48.5 Å². The fraction of sp³-hybridized carbons (Fsp3) is 0.400. The molecule has 0 saturated heterocycles. The van der Waals surface area contributed by atoms with E-state index in [1.165, 1.54) is 0 Å². The van der Waals surface area contributed by atoms with Gasteiger partial charge in [0.2, 0.25) is 5.91 Å². The fourth-order valence-electron chi connectivity index (χ4n) is 3.97. The number of aliphatic carboxylic acids is 1. The molecule has 3 atom stereocenters. The zero-order chi connectivity index (χ0) is 23.3. The molecule has 3 unspecified atom stereocenters. The maximum atomic E-state index is 12.4. The molecule has 32 heavy (non-hydrogen) atoms. The molecule has 0 fully saturated rings. The van der Waals surface area contributed by atoms with Gasteiger partial charge in [-0.05, 0) is 35.6 Å². The lowest BCUT2D eigenvalue weighted by atomic mass is 9.98. The first-order chi connectivity index (χ1) is 15.3. The van der Waals surface area contributed by atoms with E-state index in [4.69, 9.17) is 9.84 Å². The first-order valence-electron chi connectivity index (χ1n) is 11.0. The van der Waals surface area contributed by atoms with Gasteiger partial charge in [0.1, 0.15) is 6.61 Å². The van der Waals surface area contributed by atoms with E-state index in [0.717, 1.165) is 22.3 Å². The summed E-state index contributed by atoms with van der Waals surface area (Å²) in [6, 6.07) is 15.7. The first-order valence-corrected chi connectivity index (χ1v) is 11.0. The highest BCUT2D eigenvalue weighted by molar-refractivity contribution is 5.81. The number of amides is 2. The molecule has 0 heterocycles. The van der Waals surface area contributed by atoms with E-state index in [1.54, 1.807) is 20.8 Å². The number of carboxylic acid groups (broad SMARTS) is 1. The number of alkyl carbamates (subject to hydrolysis) is 1. The molecular weight excluding hydrogens is 408 g/mol. The number of rotatable bonds is 9. The van der Waals surface area contributed by atoms with E-state index < -0.39 is 29.9 Å². The molecule has 0 aromatic heterocycles. The Morgan fingerprint density at radius 3 is 2.09 bits per heavy atom. The Hall–Kier alpha value is -3.35. The highest BCUT2D eigenvalue weighted by Gasteiger charge is 2.30. The molecule has 0 bridgehead atoms. The van der Waals surface area contributed by atoms with Crippen molar-refractivity contribution in [2.24, 2.45) is 11.8 Å². The van der Waals surface area contributed by atoms with E-state index in [0.29, 0.717) is 6.42 Å². The molecule has 0 saturated carbocycles. The lowest BCUT2D eigenvalue weighted by Crippen LogP contribution is -2.45.